The second-order valence-corrected chi connectivity index (χ2v) is 9.21. The van der Waals surface area contributed by atoms with Crippen LogP contribution in [0.4, 0.5) is 11.5 Å². The first-order valence-corrected chi connectivity index (χ1v) is 11.2. The minimum atomic E-state index is -0.329. The second kappa shape index (κ2) is 8.79. The number of fused-ring (bicyclic) bond motifs is 1. The Bertz CT molecular complexity index is 1320. The molecule has 0 spiro atoms. The van der Waals surface area contributed by atoms with E-state index in [0.29, 0.717) is 18.9 Å². The molecule has 2 N–H and O–H groups in total. The van der Waals surface area contributed by atoms with Crippen molar-refractivity contribution in [2.75, 3.05) is 36.5 Å². The van der Waals surface area contributed by atoms with E-state index in [0.717, 1.165) is 46.9 Å². The van der Waals surface area contributed by atoms with Crippen LogP contribution in [-0.2, 0) is 10.2 Å². The summed E-state index contributed by atoms with van der Waals surface area (Å²) >= 11 is 0. The minimum Gasteiger partial charge on any atom is -0.378 e. The third-order valence-corrected chi connectivity index (χ3v) is 5.77. The zero-order valence-electron chi connectivity index (χ0n) is 19.4. The summed E-state index contributed by atoms with van der Waals surface area (Å²) in [5, 5.41) is 11.7. The number of hydrogen-bond donors (Lipinski definition) is 2. The number of carbonyl (C=O) groups is 1. The van der Waals surface area contributed by atoms with E-state index in [9.17, 15) is 4.79 Å². The molecular formula is C24H26N8O2. The Balaban J connectivity index is 1.35. The lowest BCUT2D eigenvalue weighted by Gasteiger charge is -2.27. The van der Waals surface area contributed by atoms with Crippen LogP contribution in [-0.4, -0.2) is 62.3 Å². The zero-order chi connectivity index (χ0) is 23.7. The van der Waals surface area contributed by atoms with E-state index in [2.05, 4.69) is 61.1 Å². The molecule has 0 bridgehead atoms. The van der Waals surface area contributed by atoms with Crippen molar-refractivity contribution >= 4 is 28.4 Å². The van der Waals surface area contributed by atoms with Gasteiger partial charge in [0.05, 0.1) is 48.1 Å². The maximum Gasteiger partial charge on any atom is 0.276 e. The molecular weight excluding hydrogens is 432 g/mol. The highest BCUT2D eigenvalue weighted by atomic mass is 16.5. The van der Waals surface area contributed by atoms with Gasteiger partial charge in [0, 0.05) is 13.1 Å². The summed E-state index contributed by atoms with van der Waals surface area (Å²) in [5.41, 5.74) is 3.97. The van der Waals surface area contributed by atoms with Crippen LogP contribution in [0.5, 0.6) is 0 Å². The fourth-order valence-electron chi connectivity index (χ4n) is 3.80. The number of aromatic amines is 1. The number of pyridine rings is 1. The lowest BCUT2D eigenvalue weighted by Crippen LogP contribution is -2.36. The topological polar surface area (TPSA) is 122 Å². The first-order chi connectivity index (χ1) is 16.4. The maximum absolute atomic E-state index is 12.7. The molecule has 10 heteroatoms. The van der Waals surface area contributed by atoms with Crippen LogP contribution in [0.3, 0.4) is 0 Å². The zero-order valence-corrected chi connectivity index (χ0v) is 19.4. The molecule has 1 aliphatic rings. The summed E-state index contributed by atoms with van der Waals surface area (Å²) in [6.45, 7) is 9.15. The third kappa shape index (κ3) is 4.44. The molecule has 34 heavy (non-hydrogen) atoms. The van der Waals surface area contributed by atoms with Crippen LogP contribution in [0.25, 0.3) is 22.4 Å². The monoisotopic (exact) mass is 458 g/mol. The van der Waals surface area contributed by atoms with Crippen LogP contribution in [0.1, 0.15) is 36.8 Å². The highest BCUT2D eigenvalue weighted by molar-refractivity contribution is 6.02. The van der Waals surface area contributed by atoms with E-state index in [1.54, 1.807) is 30.9 Å². The molecule has 1 fully saturated rings. The van der Waals surface area contributed by atoms with Gasteiger partial charge in [0.25, 0.3) is 5.91 Å². The number of hydrogen-bond acceptors (Lipinski definition) is 8. The highest BCUT2D eigenvalue weighted by Gasteiger charge is 2.19. The normalized spacial score (nSPS) is 14.4. The Morgan fingerprint density at radius 3 is 2.65 bits per heavy atom. The smallest absolute Gasteiger partial charge is 0.276 e. The van der Waals surface area contributed by atoms with Crippen molar-refractivity contribution in [1.82, 2.24) is 30.1 Å². The molecule has 0 aliphatic carbocycles. The molecule has 0 saturated carbocycles. The van der Waals surface area contributed by atoms with Gasteiger partial charge < -0.3 is 19.9 Å². The first kappa shape index (κ1) is 21.9. The predicted octanol–water partition coefficient (Wildman–Crippen LogP) is 3.20. The van der Waals surface area contributed by atoms with E-state index in [1.807, 2.05) is 12.1 Å². The number of anilines is 2. The van der Waals surface area contributed by atoms with Crippen molar-refractivity contribution in [1.29, 1.82) is 0 Å². The largest absolute Gasteiger partial charge is 0.378 e. The number of nitrogens with zero attached hydrogens (tertiary/aromatic N) is 6. The number of morpholine rings is 1. The van der Waals surface area contributed by atoms with Crippen molar-refractivity contribution in [3.8, 4) is 11.4 Å². The summed E-state index contributed by atoms with van der Waals surface area (Å²) in [5.74, 6) is 0.558. The number of ether oxygens (including phenoxy) is 1. The van der Waals surface area contributed by atoms with Gasteiger partial charge in [-0.15, -0.1) is 5.10 Å². The molecule has 0 aromatic carbocycles. The van der Waals surface area contributed by atoms with Gasteiger partial charge in [-0.25, -0.2) is 9.97 Å². The quantitative estimate of drug-likeness (QED) is 0.478. The Hall–Kier alpha value is -3.92. The van der Waals surface area contributed by atoms with Crippen molar-refractivity contribution in [2.45, 2.75) is 26.2 Å². The van der Waals surface area contributed by atoms with Gasteiger partial charge in [0.1, 0.15) is 17.8 Å². The van der Waals surface area contributed by atoms with E-state index >= 15 is 0 Å². The molecule has 1 saturated heterocycles. The molecule has 1 amide bonds. The molecule has 5 rings (SSSR count). The van der Waals surface area contributed by atoms with Crippen LogP contribution >= 0.6 is 0 Å². The van der Waals surface area contributed by atoms with Crippen molar-refractivity contribution in [3.05, 3.63) is 54.2 Å². The predicted molar refractivity (Wildman–Crippen MR) is 129 cm³/mol. The van der Waals surface area contributed by atoms with E-state index < -0.39 is 0 Å². The molecule has 0 unspecified atom stereocenters. The summed E-state index contributed by atoms with van der Waals surface area (Å²) in [6.07, 6.45) is 4.87. The molecule has 1 aliphatic heterocycles. The van der Waals surface area contributed by atoms with Gasteiger partial charge in [-0.3, -0.25) is 9.78 Å². The van der Waals surface area contributed by atoms with Crippen molar-refractivity contribution < 1.29 is 9.53 Å². The van der Waals surface area contributed by atoms with Crippen LogP contribution < -0.4 is 10.2 Å². The number of nitrogens with one attached hydrogen (secondary N) is 2. The maximum atomic E-state index is 12.7. The Morgan fingerprint density at radius 1 is 1.09 bits per heavy atom. The summed E-state index contributed by atoms with van der Waals surface area (Å²) in [4.78, 5) is 31.6. The minimum absolute atomic E-state index is 0.125. The first-order valence-electron chi connectivity index (χ1n) is 11.2. The van der Waals surface area contributed by atoms with Crippen LogP contribution in [0.15, 0.2) is 43.0 Å². The van der Waals surface area contributed by atoms with E-state index in [4.69, 9.17) is 4.74 Å². The molecule has 10 nitrogen and oxygen atoms in total. The van der Waals surface area contributed by atoms with Gasteiger partial charge in [-0.2, -0.15) is 5.10 Å². The SMILES string of the molecule is CC(C)(C)c1cnnc(C(=O)Nc2ccc(-c3cc4c(N5CCOCC5)ncnc4[nH]3)nc2)c1. The number of aromatic nitrogens is 6. The van der Waals surface area contributed by atoms with Crippen LogP contribution in [0.2, 0.25) is 0 Å². The van der Waals surface area contributed by atoms with Crippen LogP contribution in [0, 0.1) is 0 Å². The Labute approximate surface area is 196 Å². The van der Waals surface area contributed by atoms with Gasteiger partial charge in [0.15, 0.2) is 5.69 Å². The average Bonchev–Trinajstić information content (AvgIpc) is 3.29. The summed E-state index contributed by atoms with van der Waals surface area (Å²) in [6, 6.07) is 7.43. The fraction of sp³-hybridized carbons (Fsp3) is 0.333. The average molecular weight is 459 g/mol. The number of amides is 1. The standard InChI is InChI=1S/C24H26N8O2/c1-24(2,3)15-10-20(31-28-12-15)23(33)29-16-4-5-18(25-13-16)19-11-17-21(30-19)26-14-27-22(17)32-6-8-34-9-7-32/h4-5,10-14H,6-9H2,1-3H3,(H,29,33)(H,26,27,30). The molecule has 0 atom stereocenters. The second-order valence-electron chi connectivity index (χ2n) is 9.21. The van der Waals surface area contributed by atoms with Gasteiger partial charge in [-0.05, 0) is 35.2 Å². The summed E-state index contributed by atoms with van der Waals surface area (Å²) < 4.78 is 5.46. The molecule has 4 aromatic rings. The van der Waals surface area contributed by atoms with Crippen molar-refractivity contribution in [3.63, 3.8) is 0 Å². The third-order valence-electron chi connectivity index (χ3n) is 5.77. The van der Waals surface area contributed by atoms with Gasteiger partial charge in [-0.1, -0.05) is 20.8 Å². The van der Waals surface area contributed by atoms with E-state index in [-0.39, 0.29) is 17.0 Å². The Kier molecular flexibility index (Phi) is 5.66. The number of rotatable bonds is 4. The molecule has 174 valence electrons. The Morgan fingerprint density at radius 2 is 1.91 bits per heavy atom. The molecule has 0 radical (unpaired) electrons. The van der Waals surface area contributed by atoms with E-state index in [1.165, 1.54) is 0 Å². The highest BCUT2D eigenvalue weighted by Crippen LogP contribution is 2.29. The lowest BCUT2D eigenvalue weighted by molar-refractivity contribution is 0.102. The fourth-order valence-corrected chi connectivity index (χ4v) is 3.80. The number of carbonyl (C=O) groups excluding carboxylic acids is 1. The van der Waals surface area contributed by atoms with Crippen molar-refractivity contribution in [2.24, 2.45) is 0 Å². The molecule has 5 heterocycles. The van der Waals surface area contributed by atoms with Gasteiger partial charge in [0.2, 0.25) is 0 Å². The van der Waals surface area contributed by atoms with Gasteiger partial charge >= 0.3 is 0 Å². The lowest BCUT2D eigenvalue weighted by atomic mass is 9.88. The summed E-state index contributed by atoms with van der Waals surface area (Å²) in [7, 11) is 0. The number of H-pyrrole nitrogens is 1. The molecule has 4 aromatic heterocycles.